The number of aryl methyl sites for hydroxylation is 1. The van der Waals surface area contributed by atoms with Crippen molar-refractivity contribution in [3.63, 3.8) is 0 Å². The van der Waals surface area contributed by atoms with Crippen LogP contribution in [0.25, 0.3) is 5.65 Å². The summed E-state index contributed by atoms with van der Waals surface area (Å²) >= 11 is 0. The summed E-state index contributed by atoms with van der Waals surface area (Å²) < 4.78 is 1.83. The van der Waals surface area contributed by atoms with Gasteiger partial charge in [0.2, 0.25) is 5.95 Å². The van der Waals surface area contributed by atoms with E-state index in [1.54, 1.807) is 0 Å². The molecular weight excluding hydrogens is 226 g/mol. The van der Waals surface area contributed by atoms with Gasteiger partial charge in [0.05, 0.1) is 0 Å². The second-order valence-corrected chi connectivity index (χ2v) is 4.87. The van der Waals surface area contributed by atoms with Crippen molar-refractivity contribution in [3.8, 4) is 0 Å². The highest BCUT2D eigenvalue weighted by Crippen LogP contribution is 2.10. The molecule has 0 saturated carbocycles. The van der Waals surface area contributed by atoms with Crippen molar-refractivity contribution in [1.82, 2.24) is 19.5 Å². The van der Waals surface area contributed by atoms with Gasteiger partial charge >= 0.3 is 0 Å². The molecular formula is C13H19N5. The van der Waals surface area contributed by atoms with E-state index in [2.05, 4.69) is 33.3 Å². The number of pyridine rings is 1. The summed E-state index contributed by atoms with van der Waals surface area (Å²) in [5.74, 6) is 0.725. The van der Waals surface area contributed by atoms with Gasteiger partial charge in [-0.05, 0) is 44.5 Å². The standard InChI is InChI=1S/C13H19N5/c1-11-5-4-9-18-12(11)15-13(16-18)14-6-10-17-7-2-3-8-17/h4-5,9H,2-3,6-8,10H2,1H3,(H,14,16). The van der Waals surface area contributed by atoms with E-state index in [1.165, 1.54) is 25.9 Å². The van der Waals surface area contributed by atoms with E-state index >= 15 is 0 Å². The van der Waals surface area contributed by atoms with Crippen molar-refractivity contribution in [2.45, 2.75) is 19.8 Å². The van der Waals surface area contributed by atoms with Crippen LogP contribution in [0.5, 0.6) is 0 Å². The fraction of sp³-hybridized carbons (Fsp3) is 0.538. The van der Waals surface area contributed by atoms with Crippen LogP contribution in [0.15, 0.2) is 18.3 Å². The molecule has 3 rings (SSSR count). The summed E-state index contributed by atoms with van der Waals surface area (Å²) in [4.78, 5) is 6.98. The summed E-state index contributed by atoms with van der Waals surface area (Å²) in [7, 11) is 0. The Balaban J connectivity index is 1.62. The van der Waals surface area contributed by atoms with Crippen LogP contribution in [0.4, 0.5) is 5.95 Å². The Bertz CT molecular complexity index is 527. The lowest BCUT2D eigenvalue weighted by atomic mass is 10.3. The van der Waals surface area contributed by atoms with Gasteiger partial charge in [0, 0.05) is 19.3 Å². The summed E-state index contributed by atoms with van der Waals surface area (Å²) in [5, 5.41) is 7.72. The third-order valence-corrected chi connectivity index (χ3v) is 3.47. The highest BCUT2D eigenvalue weighted by atomic mass is 15.3. The van der Waals surface area contributed by atoms with E-state index in [4.69, 9.17) is 0 Å². The second kappa shape index (κ2) is 4.94. The number of aromatic nitrogens is 3. The average Bonchev–Trinajstić information content (AvgIpc) is 2.98. The zero-order valence-electron chi connectivity index (χ0n) is 10.8. The van der Waals surface area contributed by atoms with Crippen LogP contribution in [-0.4, -0.2) is 45.7 Å². The minimum absolute atomic E-state index is 0.725. The van der Waals surface area contributed by atoms with Crippen molar-refractivity contribution in [2.75, 3.05) is 31.5 Å². The van der Waals surface area contributed by atoms with Gasteiger partial charge in [0.25, 0.3) is 0 Å². The Morgan fingerprint density at radius 1 is 1.33 bits per heavy atom. The molecule has 1 aliphatic rings. The van der Waals surface area contributed by atoms with Gasteiger partial charge < -0.3 is 10.2 Å². The van der Waals surface area contributed by atoms with Gasteiger partial charge in [-0.1, -0.05) is 6.07 Å². The first-order chi connectivity index (χ1) is 8.83. The molecule has 0 aromatic carbocycles. The van der Waals surface area contributed by atoms with Gasteiger partial charge in [-0.2, -0.15) is 4.98 Å². The fourth-order valence-electron chi connectivity index (χ4n) is 2.45. The van der Waals surface area contributed by atoms with E-state index in [0.717, 1.165) is 30.2 Å². The number of nitrogens with zero attached hydrogens (tertiary/aromatic N) is 4. The van der Waals surface area contributed by atoms with Crippen molar-refractivity contribution in [1.29, 1.82) is 0 Å². The Kier molecular flexibility index (Phi) is 3.15. The third kappa shape index (κ3) is 2.31. The predicted molar refractivity (Wildman–Crippen MR) is 71.9 cm³/mol. The molecule has 0 radical (unpaired) electrons. The molecule has 0 spiro atoms. The van der Waals surface area contributed by atoms with E-state index in [9.17, 15) is 0 Å². The molecule has 5 nitrogen and oxygen atoms in total. The molecule has 18 heavy (non-hydrogen) atoms. The van der Waals surface area contributed by atoms with Crippen molar-refractivity contribution >= 4 is 11.6 Å². The highest BCUT2D eigenvalue weighted by molar-refractivity contribution is 5.49. The summed E-state index contributed by atoms with van der Waals surface area (Å²) in [6.45, 7) is 6.52. The molecule has 5 heteroatoms. The molecule has 0 amide bonds. The number of likely N-dealkylation sites (tertiary alicyclic amines) is 1. The van der Waals surface area contributed by atoms with Crippen LogP contribution >= 0.6 is 0 Å². The molecule has 0 aliphatic carbocycles. The molecule has 1 aliphatic heterocycles. The minimum atomic E-state index is 0.725. The van der Waals surface area contributed by atoms with Crippen LogP contribution in [0.3, 0.4) is 0 Å². The largest absolute Gasteiger partial charge is 0.352 e. The molecule has 0 atom stereocenters. The maximum absolute atomic E-state index is 4.50. The van der Waals surface area contributed by atoms with Crippen LogP contribution in [-0.2, 0) is 0 Å². The Morgan fingerprint density at radius 3 is 2.94 bits per heavy atom. The van der Waals surface area contributed by atoms with E-state index in [0.29, 0.717) is 0 Å². The van der Waals surface area contributed by atoms with Crippen LogP contribution in [0.1, 0.15) is 18.4 Å². The van der Waals surface area contributed by atoms with E-state index < -0.39 is 0 Å². The van der Waals surface area contributed by atoms with E-state index in [-0.39, 0.29) is 0 Å². The Morgan fingerprint density at radius 2 is 2.17 bits per heavy atom. The SMILES string of the molecule is Cc1cccn2nc(NCCN3CCCC3)nc12. The van der Waals surface area contributed by atoms with Gasteiger partial charge in [-0.25, -0.2) is 4.52 Å². The van der Waals surface area contributed by atoms with Gasteiger partial charge in [0.15, 0.2) is 5.65 Å². The lowest BCUT2D eigenvalue weighted by Gasteiger charge is -2.13. The number of nitrogens with one attached hydrogen (secondary N) is 1. The molecule has 3 heterocycles. The quantitative estimate of drug-likeness (QED) is 0.887. The molecule has 2 aromatic rings. The third-order valence-electron chi connectivity index (χ3n) is 3.47. The lowest BCUT2D eigenvalue weighted by Crippen LogP contribution is -2.26. The number of fused-ring (bicyclic) bond motifs is 1. The smallest absolute Gasteiger partial charge is 0.243 e. The van der Waals surface area contributed by atoms with Gasteiger partial charge in [-0.15, -0.1) is 5.10 Å². The number of hydrogen-bond acceptors (Lipinski definition) is 4. The molecule has 0 unspecified atom stereocenters. The summed E-state index contributed by atoms with van der Waals surface area (Å²) in [6.07, 6.45) is 4.61. The number of hydrogen-bond donors (Lipinski definition) is 1. The highest BCUT2D eigenvalue weighted by Gasteiger charge is 2.11. The predicted octanol–water partition coefficient (Wildman–Crippen LogP) is 1.55. The molecule has 2 aromatic heterocycles. The monoisotopic (exact) mass is 245 g/mol. The van der Waals surface area contributed by atoms with Crippen LogP contribution in [0.2, 0.25) is 0 Å². The maximum atomic E-state index is 4.50. The van der Waals surface area contributed by atoms with Crippen molar-refractivity contribution in [3.05, 3.63) is 23.9 Å². The van der Waals surface area contributed by atoms with Gasteiger partial charge in [0.1, 0.15) is 0 Å². The first-order valence-corrected chi connectivity index (χ1v) is 6.61. The Labute approximate surface area is 107 Å². The molecule has 1 N–H and O–H groups in total. The normalized spacial score (nSPS) is 16.5. The summed E-state index contributed by atoms with van der Waals surface area (Å²) in [5.41, 5.74) is 2.08. The second-order valence-electron chi connectivity index (χ2n) is 4.87. The van der Waals surface area contributed by atoms with Crippen LogP contribution in [0, 0.1) is 6.92 Å². The fourth-order valence-corrected chi connectivity index (χ4v) is 2.45. The first-order valence-electron chi connectivity index (χ1n) is 6.61. The molecule has 1 fully saturated rings. The van der Waals surface area contributed by atoms with Crippen LogP contribution < -0.4 is 5.32 Å². The lowest BCUT2D eigenvalue weighted by molar-refractivity contribution is 0.352. The zero-order chi connectivity index (χ0) is 12.4. The van der Waals surface area contributed by atoms with Gasteiger partial charge in [-0.3, -0.25) is 0 Å². The molecule has 1 saturated heterocycles. The number of rotatable bonds is 4. The minimum Gasteiger partial charge on any atom is -0.352 e. The van der Waals surface area contributed by atoms with Crippen molar-refractivity contribution in [2.24, 2.45) is 0 Å². The summed E-state index contributed by atoms with van der Waals surface area (Å²) in [6, 6.07) is 4.04. The average molecular weight is 245 g/mol. The number of anilines is 1. The topological polar surface area (TPSA) is 45.5 Å². The zero-order valence-corrected chi connectivity index (χ0v) is 10.8. The maximum Gasteiger partial charge on any atom is 0.243 e. The van der Waals surface area contributed by atoms with E-state index in [1.807, 2.05) is 16.8 Å². The van der Waals surface area contributed by atoms with Crippen molar-refractivity contribution < 1.29 is 0 Å². The Hall–Kier alpha value is -1.62. The first kappa shape index (κ1) is 11.5. The molecule has 96 valence electrons. The molecule has 0 bridgehead atoms.